The lowest BCUT2D eigenvalue weighted by Crippen LogP contribution is -2.48. The molecule has 0 aliphatic carbocycles. The molecular formula is C29H36N4O4. The van der Waals surface area contributed by atoms with E-state index in [1.54, 1.807) is 12.0 Å². The topological polar surface area (TPSA) is 94.7 Å². The second-order valence-corrected chi connectivity index (χ2v) is 9.90. The van der Waals surface area contributed by atoms with E-state index in [-0.39, 0.29) is 17.7 Å². The molecule has 3 amide bonds. The van der Waals surface area contributed by atoms with E-state index >= 15 is 0 Å². The van der Waals surface area contributed by atoms with Gasteiger partial charge in [0.05, 0.1) is 7.11 Å². The van der Waals surface area contributed by atoms with Crippen LogP contribution in [0.3, 0.4) is 0 Å². The maximum absolute atomic E-state index is 13.8. The zero-order valence-electron chi connectivity index (χ0n) is 22.0. The number of amides is 3. The first-order valence-electron chi connectivity index (χ1n) is 12.9. The van der Waals surface area contributed by atoms with Gasteiger partial charge in [0.2, 0.25) is 12.3 Å². The van der Waals surface area contributed by atoms with Gasteiger partial charge in [0.15, 0.2) is 0 Å². The van der Waals surface area contributed by atoms with Gasteiger partial charge in [-0.15, -0.1) is 0 Å². The number of nitrogens with zero attached hydrogens (tertiary/aromatic N) is 2. The third-order valence-corrected chi connectivity index (χ3v) is 7.47. The Morgan fingerprint density at radius 1 is 1.22 bits per heavy atom. The van der Waals surface area contributed by atoms with E-state index in [9.17, 15) is 14.4 Å². The number of benzene rings is 2. The molecule has 3 aromatic rings. The third-order valence-electron chi connectivity index (χ3n) is 7.47. The Balaban J connectivity index is 1.56. The Hall–Kier alpha value is -3.81. The van der Waals surface area contributed by atoms with Crippen LogP contribution in [0, 0.1) is 11.8 Å². The van der Waals surface area contributed by atoms with Gasteiger partial charge >= 0.3 is 0 Å². The fourth-order valence-electron chi connectivity index (χ4n) is 5.22. The molecular weight excluding hydrogens is 468 g/mol. The molecule has 0 saturated carbocycles. The molecule has 1 aromatic heterocycles. The molecule has 2 N–H and O–H groups in total. The van der Waals surface area contributed by atoms with Crippen molar-refractivity contribution < 1.29 is 19.1 Å². The van der Waals surface area contributed by atoms with Crippen molar-refractivity contribution in [1.82, 2.24) is 14.8 Å². The Kier molecular flexibility index (Phi) is 8.16. The van der Waals surface area contributed by atoms with E-state index in [0.29, 0.717) is 56.2 Å². The molecule has 1 aliphatic heterocycles. The van der Waals surface area contributed by atoms with Crippen LogP contribution in [0.2, 0.25) is 0 Å². The SMILES string of the molecule is CCN(CCc1ccccc1NC=O)C(=O)C1C[C@@H](C(C)C)CN1C(=O)c1cc2c(OC)cccc2[nH]1. The van der Waals surface area contributed by atoms with Crippen LogP contribution in [0.1, 0.15) is 43.2 Å². The molecule has 2 heterocycles. The van der Waals surface area contributed by atoms with Crippen LogP contribution >= 0.6 is 0 Å². The first-order chi connectivity index (χ1) is 17.9. The third kappa shape index (κ3) is 5.48. The van der Waals surface area contributed by atoms with Gasteiger partial charge in [0.25, 0.3) is 5.91 Å². The molecule has 2 aromatic carbocycles. The van der Waals surface area contributed by atoms with Crippen molar-refractivity contribution in [1.29, 1.82) is 0 Å². The lowest BCUT2D eigenvalue weighted by atomic mass is 9.93. The van der Waals surface area contributed by atoms with E-state index in [1.165, 1.54) is 0 Å². The highest BCUT2D eigenvalue weighted by Gasteiger charge is 2.42. The summed E-state index contributed by atoms with van der Waals surface area (Å²) in [6.07, 6.45) is 1.91. The maximum atomic E-state index is 13.8. The lowest BCUT2D eigenvalue weighted by molar-refractivity contribution is -0.135. The molecule has 1 fully saturated rings. The summed E-state index contributed by atoms with van der Waals surface area (Å²) in [7, 11) is 1.61. The molecule has 1 unspecified atom stereocenters. The van der Waals surface area contributed by atoms with Crippen LogP contribution < -0.4 is 10.1 Å². The number of fused-ring (bicyclic) bond motifs is 1. The molecule has 4 rings (SSSR count). The predicted octanol–water partition coefficient (Wildman–Crippen LogP) is 4.32. The van der Waals surface area contributed by atoms with Gasteiger partial charge in [-0.3, -0.25) is 14.4 Å². The number of methoxy groups -OCH3 is 1. The number of H-pyrrole nitrogens is 1. The molecule has 0 spiro atoms. The molecule has 8 heteroatoms. The van der Waals surface area contributed by atoms with E-state index < -0.39 is 6.04 Å². The summed E-state index contributed by atoms with van der Waals surface area (Å²) in [6.45, 7) is 7.82. The van der Waals surface area contributed by atoms with Gasteiger partial charge in [-0.25, -0.2) is 0 Å². The van der Waals surface area contributed by atoms with Gasteiger partial charge in [-0.05, 0) is 61.4 Å². The van der Waals surface area contributed by atoms with Crippen molar-refractivity contribution >= 4 is 34.8 Å². The van der Waals surface area contributed by atoms with Crippen molar-refractivity contribution in [3.63, 3.8) is 0 Å². The van der Waals surface area contributed by atoms with Gasteiger partial charge < -0.3 is 24.8 Å². The smallest absolute Gasteiger partial charge is 0.270 e. The van der Waals surface area contributed by atoms with E-state index in [1.807, 2.05) is 60.4 Å². The normalized spacial score (nSPS) is 17.3. The average molecular weight is 505 g/mol. The number of aromatic amines is 1. The molecule has 2 atom stereocenters. The van der Waals surface area contributed by atoms with E-state index in [0.717, 1.165) is 22.2 Å². The Morgan fingerprint density at radius 2 is 2.00 bits per heavy atom. The number of carbonyl (C=O) groups is 3. The summed E-state index contributed by atoms with van der Waals surface area (Å²) >= 11 is 0. The van der Waals surface area contributed by atoms with Crippen molar-refractivity contribution in [2.24, 2.45) is 11.8 Å². The number of hydrogen-bond donors (Lipinski definition) is 2. The van der Waals surface area contributed by atoms with Crippen molar-refractivity contribution in [3.05, 3.63) is 59.8 Å². The zero-order valence-corrected chi connectivity index (χ0v) is 22.0. The summed E-state index contributed by atoms with van der Waals surface area (Å²) in [5.41, 5.74) is 2.99. The molecule has 1 saturated heterocycles. The fourth-order valence-corrected chi connectivity index (χ4v) is 5.22. The standard InChI is InChI=1S/C29H36N4O4/c1-5-32(14-13-20-9-6-7-10-23(20)30-18-34)29(36)26-15-21(19(2)3)17-33(26)28(35)25-16-22-24(31-25)11-8-12-27(22)37-4/h6-12,16,18-19,21,26,31H,5,13-15,17H2,1-4H3,(H,30,34)/t21-,26?/m1/s1. The lowest BCUT2D eigenvalue weighted by Gasteiger charge is -2.29. The Bertz CT molecular complexity index is 1270. The highest BCUT2D eigenvalue weighted by molar-refractivity contribution is 6.01. The van der Waals surface area contributed by atoms with Crippen LogP contribution in [-0.2, 0) is 16.0 Å². The zero-order chi connectivity index (χ0) is 26.5. The number of ether oxygens (including phenoxy) is 1. The Labute approximate surface area is 218 Å². The monoisotopic (exact) mass is 504 g/mol. The average Bonchev–Trinajstić information content (AvgIpc) is 3.55. The summed E-state index contributed by atoms with van der Waals surface area (Å²) < 4.78 is 5.46. The van der Waals surface area contributed by atoms with Crippen LogP contribution in [0.4, 0.5) is 5.69 Å². The summed E-state index contributed by atoms with van der Waals surface area (Å²) in [5.74, 6) is 1.09. The first-order valence-corrected chi connectivity index (χ1v) is 12.9. The van der Waals surface area contributed by atoms with E-state index in [2.05, 4.69) is 24.1 Å². The molecule has 196 valence electrons. The number of likely N-dealkylation sites (tertiary alicyclic amines) is 1. The van der Waals surface area contributed by atoms with Crippen LogP contribution in [0.15, 0.2) is 48.5 Å². The molecule has 37 heavy (non-hydrogen) atoms. The fraction of sp³-hybridized carbons (Fsp3) is 0.414. The first kappa shape index (κ1) is 26.3. The second kappa shape index (κ2) is 11.5. The van der Waals surface area contributed by atoms with Gasteiger partial charge in [-0.1, -0.05) is 38.1 Å². The van der Waals surface area contributed by atoms with Crippen LogP contribution in [-0.4, -0.2) is 65.8 Å². The highest BCUT2D eigenvalue weighted by atomic mass is 16.5. The molecule has 8 nitrogen and oxygen atoms in total. The number of para-hydroxylation sites is 1. The molecule has 1 aliphatic rings. The summed E-state index contributed by atoms with van der Waals surface area (Å²) in [4.78, 5) is 45.3. The number of carbonyl (C=O) groups excluding carboxylic acids is 3. The largest absolute Gasteiger partial charge is 0.496 e. The quantitative estimate of drug-likeness (QED) is 0.402. The minimum atomic E-state index is -0.517. The highest BCUT2D eigenvalue weighted by Crippen LogP contribution is 2.33. The van der Waals surface area contributed by atoms with Crippen molar-refractivity contribution in [2.45, 2.75) is 39.7 Å². The number of aromatic nitrogens is 1. The van der Waals surface area contributed by atoms with Gasteiger partial charge in [-0.2, -0.15) is 0 Å². The summed E-state index contributed by atoms with van der Waals surface area (Å²) in [5, 5.41) is 3.57. The number of rotatable bonds is 10. The molecule has 0 radical (unpaired) electrons. The number of nitrogens with one attached hydrogen (secondary N) is 2. The minimum absolute atomic E-state index is 0.0338. The van der Waals surface area contributed by atoms with Gasteiger partial charge in [0, 0.05) is 36.2 Å². The van der Waals surface area contributed by atoms with Gasteiger partial charge in [0.1, 0.15) is 17.5 Å². The van der Waals surface area contributed by atoms with Crippen LogP contribution in [0.25, 0.3) is 10.9 Å². The number of hydrogen-bond acceptors (Lipinski definition) is 4. The van der Waals surface area contributed by atoms with Crippen molar-refractivity contribution in [2.75, 3.05) is 32.1 Å². The van der Waals surface area contributed by atoms with Crippen LogP contribution in [0.5, 0.6) is 5.75 Å². The Morgan fingerprint density at radius 3 is 2.70 bits per heavy atom. The molecule has 0 bridgehead atoms. The van der Waals surface area contributed by atoms with Crippen molar-refractivity contribution in [3.8, 4) is 5.75 Å². The van der Waals surface area contributed by atoms with E-state index in [4.69, 9.17) is 4.74 Å². The predicted molar refractivity (Wildman–Crippen MR) is 145 cm³/mol. The second-order valence-electron chi connectivity index (χ2n) is 9.90. The number of likely N-dealkylation sites (N-methyl/N-ethyl adjacent to an activating group) is 1. The number of anilines is 1. The summed E-state index contributed by atoms with van der Waals surface area (Å²) in [6, 6.07) is 14.5. The maximum Gasteiger partial charge on any atom is 0.270 e. The minimum Gasteiger partial charge on any atom is -0.496 e.